The Kier molecular flexibility index (Phi) is 5.24. The summed E-state index contributed by atoms with van der Waals surface area (Å²) in [5.41, 5.74) is 0. The molecule has 1 aliphatic heterocycles. The van der Waals surface area contributed by atoms with Crippen LogP contribution in [0.1, 0.15) is 6.92 Å². The van der Waals surface area contributed by atoms with E-state index in [4.69, 9.17) is 4.74 Å². The van der Waals surface area contributed by atoms with Crippen LogP contribution in [0, 0.1) is 11.6 Å². The third-order valence-electron chi connectivity index (χ3n) is 4.24. The van der Waals surface area contributed by atoms with Gasteiger partial charge >= 0.3 is 0 Å². The maximum Gasteiger partial charge on any atom is 0.243 e. The van der Waals surface area contributed by atoms with E-state index in [9.17, 15) is 25.6 Å². The van der Waals surface area contributed by atoms with Crippen molar-refractivity contribution in [2.24, 2.45) is 0 Å². The predicted octanol–water partition coefficient (Wildman–Crippen LogP) is 2.21. The fraction of sp³-hybridized carbons (Fsp3) is 0.294. The van der Waals surface area contributed by atoms with E-state index in [-0.39, 0.29) is 35.2 Å². The smallest absolute Gasteiger partial charge is 0.243 e. The Morgan fingerprint density at radius 3 is 2.15 bits per heavy atom. The van der Waals surface area contributed by atoms with Crippen LogP contribution in [-0.2, 0) is 19.9 Å². The molecule has 2 aromatic carbocycles. The highest BCUT2D eigenvalue weighted by Crippen LogP contribution is 2.30. The highest BCUT2D eigenvalue weighted by Gasteiger charge is 2.44. The average molecular weight is 417 g/mol. The molecule has 1 aliphatic rings. The summed E-state index contributed by atoms with van der Waals surface area (Å²) in [6.07, 6.45) is 0. The summed E-state index contributed by atoms with van der Waals surface area (Å²) < 4.78 is 83.0. The van der Waals surface area contributed by atoms with Gasteiger partial charge in [-0.2, -0.15) is 4.31 Å². The number of hydrogen-bond acceptors (Lipinski definition) is 5. The molecule has 0 atom stereocenters. The van der Waals surface area contributed by atoms with Crippen molar-refractivity contribution in [3.8, 4) is 5.75 Å². The standard InChI is InChI=1S/C17H17F2NO5S2/c1-2-25-17-8-7-14(9-16(17)19)27(23,24)20-10-15(11-20)26(21,22)13-5-3-12(18)4-6-13/h3-9,15H,2,10-11H2,1H3. The first-order valence-electron chi connectivity index (χ1n) is 8.08. The van der Waals surface area contributed by atoms with Gasteiger partial charge in [0.05, 0.1) is 21.6 Å². The van der Waals surface area contributed by atoms with Crippen molar-refractivity contribution in [3.05, 3.63) is 54.1 Å². The predicted molar refractivity (Wildman–Crippen MR) is 93.7 cm³/mol. The molecule has 2 aromatic rings. The van der Waals surface area contributed by atoms with E-state index < -0.39 is 36.7 Å². The molecule has 1 saturated heterocycles. The van der Waals surface area contributed by atoms with Gasteiger partial charge in [-0.3, -0.25) is 0 Å². The van der Waals surface area contributed by atoms with E-state index in [0.717, 1.165) is 34.6 Å². The SMILES string of the molecule is CCOc1ccc(S(=O)(=O)N2CC(S(=O)(=O)c3ccc(F)cc3)C2)cc1F. The topological polar surface area (TPSA) is 80.8 Å². The molecule has 0 bridgehead atoms. The highest BCUT2D eigenvalue weighted by molar-refractivity contribution is 7.92. The molecule has 146 valence electrons. The Balaban J connectivity index is 1.76. The van der Waals surface area contributed by atoms with Crippen LogP contribution in [0.5, 0.6) is 5.75 Å². The first-order chi connectivity index (χ1) is 12.7. The van der Waals surface area contributed by atoms with Crippen LogP contribution >= 0.6 is 0 Å². The number of hydrogen-bond donors (Lipinski definition) is 0. The summed E-state index contributed by atoms with van der Waals surface area (Å²) in [4.78, 5) is -0.348. The van der Waals surface area contributed by atoms with Crippen molar-refractivity contribution in [3.63, 3.8) is 0 Å². The zero-order valence-electron chi connectivity index (χ0n) is 14.3. The number of ether oxygens (including phenoxy) is 1. The van der Waals surface area contributed by atoms with Crippen LogP contribution in [-0.4, -0.2) is 46.1 Å². The second kappa shape index (κ2) is 7.17. The Labute approximate surface area is 156 Å². The molecule has 10 heteroatoms. The molecule has 0 saturated carbocycles. The Morgan fingerprint density at radius 1 is 1.00 bits per heavy atom. The molecule has 0 spiro atoms. The van der Waals surface area contributed by atoms with Crippen molar-refractivity contribution < 1.29 is 30.4 Å². The molecule has 0 unspecified atom stereocenters. The minimum absolute atomic E-state index is 0.0585. The van der Waals surface area contributed by atoms with E-state index >= 15 is 0 Å². The Bertz CT molecular complexity index is 1050. The second-order valence-electron chi connectivity index (χ2n) is 5.97. The van der Waals surface area contributed by atoms with E-state index in [0.29, 0.717) is 0 Å². The molecular formula is C17H17F2NO5S2. The van der Waals surface area contributed by atoms with Gasteiger partial charge in [-0.25, -0.2) is 25.6 Å². The fourth-order valence-corrected chi connectivity index (χ4v) is 6.06. The first-order valence-corrected chi connectivity index (χ1v) is 11.1. The summed E-state index contributed by atoms with van der Waals surface area (Å²) in [7, 11) is -7.81. The highest BCUT2D eigenvalue weighted by atomic mass is 32.2. The number of sulfonamides is 1. The van der Waals surface area contributed by atoms with Gasteiger partial charge in [0.25, 0.3) is 0 Å². The van der Waals surface area contributed by atoms with Crippen molar-refractivity contribution in [1.82, 2.24) is 4.31 Å². The lowest BCUT2D eigenvalue weighted by atomic mass is 10.3. The summed E-state index contributed by atoms with van der Waals surface area (Å²) in [6.45, 7) is 1.40. The molecule has 0 aliphatic carbocycles. The quantitative estimate of drug-likeness (QED) is 0.674. The van der Waals surface area contributed by atoms with E-state index in [2.05, 4.69) is 0 Å². The van der Waals surface area contributed by atoms with Crippen LogP contribution in [0.15, 0.2) is 52.3 Å². The summed E-state index contributed by atoms with van der Waals surface area (Å²) >= 11 is 0. The molecular weight excluding hydrogens is 400 g/mol. The third kappa shape index (κ3) is 3.69. The van der Waals surface area contributed by atoms with Crippen LogP contribution in [0.25, 0.3) is 0 Å². The van der Waals surface area contributed by atoms with Crippen LogP contribution in [0.3, 0.4) is 0 Å². The van der Waals surface area contributed by atoms with Gasteiger partial charge in [0, 0.05) is 13.1 Å². The van der Waals surface area contributed by atoms with Gasteiger partial charge in [-0.05, 0) is 49.4 Å². The molecule has 0 N–H and O–H groups in total. The molecule has 0 radical (unpaired) electrons. The number of rotatable bonds is 6. The van der Waals surface area contributed by atoms with Crippen molar-refractivity contribution in [2.45, 2.75) is 22.0 Å². The molecule has 6 nitrogen and oxygen atoms in total. The average Bonchev–Trinajstić information content (AvgIpc) is 2.55. The minimum atomic E-state index is -4.03. The molecule has 3 rings (SSSR count). The van der Waals surface area contributed by atoms with Crippen molar-refractivity contribution in [1.29, 1.82) is 0 Å². The summed E-state index contributed by atoms with van der Waals surface area (Å²) in [5.74, 6) is -1.44. The lowest BCUT2D eigenvalue weighted by Crippen LogP contribution is -2.56. The maximum absolute atomic E-state index is 13.9. The summed E-state index contributed by atoms with van der Waals surface area (Å²) in [5, 5.41) is -0.940. The van der Waals surface area contributed by atoms with E-state index in [1.165, 1.54) is 12.1 Å². The third-order valence-corrected chi connectivity index (χ3v) is 8.17. The number of benzene rings is 2. The lowest BCUT2D eigenvalue weighted by Gasteiger charge is -2.37. The number of halogens is 2. The Hall–Kier alpha value is -2.04. The van der Waals surface area contributed by atoms with Gasteiger partial charge in [0.1, 0.15) is 5.82 Å². The van der Waals surface area contributed by atoms with Crippen molar-refractivity contribution in [2.75, 3.05) is 19.7 Å². The lowest BCUT2D eigenvalue weighted by molar-refractivity contribution is 0.308. The van der Waals surface area contributed by atoms with Crippen molar-refractivity contribution >= 4 is 19.9 Å². The van der Waals surface area contributed by atoms with Crippen LogP contribution in [0.2, 0.25) is 0 Å². The van der Waals surface area contributed by atoms with Gasteiger partial charge in [0.15, 0.2) is 21.4 Å². The van der Waals surface area contributed by atoms with Crippen LogP contribution in [0.4, 0.5) is 8.78 Å². The molecule has 0 amide bonds. The molecule has 1 fully saturated rings. The monoisotopic (exact) mass is 417 g/mol. The molecule has 0 aromatic heterocycles. The molecule has 27 heavy (non-hydrogen) atoms. The van der Waals surface area contributed by atoms with E-state index in [1.807, 2.05) is 0 Å². The normalized spacial score (nSPS) is 16.1. The Morgan fingerprint density at radius 2 is 1.59 bits per heavy atom. The largest absolute Gasteiger partial charge is 0.491 e. The minimum Gasteiger partial charge on any atom is -0.491 e. The first kappa shape index (κ1) is 19.7. The second-order valence-corrected chi connectivity index (χ2v) is 10.1. The van der Waals surface area contributed by atoms with Gasteiger partial charge in [0.2, 0.25) is 10.0 Å². The van der Waals surface area contributed by atoms with E-state index in [1.54, 1.807) is 6.92 Å². The fourth-order valence-electron chi connectivity index (χ4n) is 2.67. The van der Waals surface area contributed by atoms with Gasteiger partial charge < -0.3 is 4.74 Å². The molecule has 1 heterocycles. The zero-order valence-corrected chi connectivity index (χ0v) is 15.9. The van der Waals surface area contributed by atoms with Gasteiger partial charge in [-0.15, -0.1) is 0 Å². The number of nitrogens with zero attached hydrogens (tertiary/aromatic N) is 1. The zero-order chi connectivity index (χ0) is 19.8. The summed E-state index contributed by atoms with van der Waals surface area (Å²) in [6, 6.07) is 7.63. The van der Waals surface area contributed by atoms with Gasteiger partial charge in [-0.1, -0.05) is 0 Å². The van der Waals surface area contributed by atoms with Crippen LogP contribution < -0.4 is 4.74 Å². The number of sulfone groups is 1. The maximum atomic E-state index is 13.9.